The molecule has 3 heteroatoms. The molecule has 0 saturated heterocycles. The third kappa shape index (κ3) is 1.44. The molecule has 58 valence electrons. The van der Waals surface area contributed by atoms with E-state index in [2.05, 4.69) is 6.07 Å². The fourth-order valence-electron chi connectivity index (χ4n) is 1.29. The molecule has 0 radical (unpaired) electrons. The zero-order valence-electron chi connectivity index (χ0n) is 6.54. The number of rotatable bonds is 0. The first kappa shape index (κ1) is 8.31. The summed E-state index contributed by atoms with van der Waals surface area (Å²) in [6.45, 7) is 0. The fraction of sp³-hybridized carbons (Fsp3) is 0.444. The minimum absolute atomic E-state index is 0.0725. The predicted molar refractivity (Wildman–Crippen MR) is 41.2 cm³/mol. The van der Waals surface area contributed by atoms with Crippen LogP contribution in [0.3, 0.4) is 0 Å². The lowest BCUT2D eigenvalue weighted by Crippen LogP contribution is -2.07. The molecule has 1 aliphatic carbocycles. The lowest BCUT2D eigenvalue weighted by atomic mass is 9.86. The van der Waals surface area contributed by atoms with Gasteiger partial charge in [0, 0.05) is 11.1 Å². The van der Waals surface area contributed by atoms with Crippen LogP contribution in [0.25, 0.3) is 0 Å². The second-order valence-electron chi connectivity index (χ2n) is 2.75. The van der Waals surface area contributed by atoms with Gasteiger partial charge in [0.1, 0.15) is 0 Å². The Morgan fingerprint density at radius 1 is 1.08 bits per heavy atom. The molecule has 1 atom stereocenters. The van der Waals surface area contributed by atoms with Crippen LogP contribution in [0.5, 0.6) is 0 Å². The van der Waals surface area contributed by atoms with Crippen molar-refractivity contribution < 1.29 is 0 Å². The third-order valence-corrected chi connectivity index (χ3v) is 2.01. The van der Waals surface area contributed by atoms with Crippen LogP contribution in [0.2, 0.25) is 0 Å². The Bertz CT molecular complexity index is 332. The Hall–Kier alpha value is -1.79. The van der Waals surface area contributed by atoms with Crippen LogP contribution >= 0.6 is 0 Å². The monoisotopic (exact) mass is 157 g/mol. The number of hydrogen-bond acceptors (Lipinski definition) is 3. The smallest absolute Gasteiger partial charge is 0.0957 e. The summed E-state index contributed by atoms with van der Waals surface area (Å²) in [5.41, 5.74) is 1.05. The van der Waals surface area contributed by atoms with Crippen molar-refractivity contribution in [3.8, 4) is 18.2 Å². The summed E-state index contributed by atoms with van der Waals surface area (Å²) in [5, 5.41) is 25.8. The van der Waals surface area contributed by atoms with Gasteiger partial charge in [-0.2, -0.15) is 15.8 Å². The Balaban J connectivity index is 2.89. The fourth-order valence-corrected chi connectivity index (χ4v) is 1.29. The lowest BCUT2D eigenvalue weighted by molar-refractivity contribution is 0.573. The van der Waals surface area contributed by atoms with Gasteiger partial charge in [-0.3, -0.25) is 0 Å². The molecule has 0 spiro atoms. The van der Waals surface area contributed by atoms with Gasteiger partial charge >= 0.3 is 0 Å². The summed E-state index contributed by atoms with van der Waals surface area (Å²) in [6.07, 6.45) is 1.75. The van der Waals surface area contributed by atoms with Gasteiger partial charge in [0.2, 0.25) is 0 Å². The molecule has 0 amide bonds. The minimum Gasteiger partial charge on any atom is -0.198 e. The van der Waals surface area contributed by atoms with Crippen LogP contribution < -0.4 is 0 Å². The summed E-state index contributed by atoms with van der Waals surface area (Å²) < 4.78 is 0. The van der Waals surface area contributed by atoms with Gasteiger partial charge in [0.15, 0.2) is 0 Å². The quantitative estimate of drug-likeness (QED) is 0.536. The van der Waals surface area contributed by atoms with Crippen LogP contribution in [-0.2, 0) is 0 Å². The average molecular weight is 157 g/mol. The maximum absolute atomic E-state index is 8.64. The Labute approximate surface area is 71.1 Å². The van der Waals surface area contributed by atoms with Crippen molar-refractivity contribution >= 4 is 0 Å². The number of allylic oxidation sites excluding steroid dienone is 2. The maximum atomic E-state index is 8.64. The van der Waals surface area contributed by atoms with E-state index < -0.39 is 0 Å². The largest absolute Gasteiger partial charge is 0.198 e. The predicted octanol–water partition coefficient (Wildman–Crippen LogP) is 1.65. The third-order valence-electron chi connectivity index (χ3n) is 2.01. The van der Waals surface area contributed by atoms with Crippen LogP contribution in [-0.4, -0.2) is 0 Å². The second-order valence-corrected chi connectivity index (χ2v) is 2.75. The van der Waals surface area contributed by atoms with Crippen LogP contribution in [0, 0.1) is 39.9 Å². The average Bonchev–Trinajstić information content (AvgIpc) is 2.16. The van der Waals surface area contributed by atoms with E-state index in [-0.39, 0.29) is 5.92 Å². The Morgan fingerprint density at radius 3 is 2.25 bits per heavy atom. The van der Waals surface area contributed by atoms with E-state index >= 15 is 0 Å². The van der Waals surface area contributed by atoms with Gasteiger partial charge in [-0.15, -0.1) is 0 Å². The number of nitriles is 3. The highest BCUT2D eigenvalue weighted by Crippen LogP contribution is 2.27. The van der Waals surface area contributed by atoms with Crippen LogP contribution in [0.15, 0.2) is 11.1 Å². The van der Waals surface area contributed by atoms with E-state index in [9.17, 15) is 0 Å². The van der Waals surface area contributed by atoms with E-state index in [1.807, 2.05) is 12.1 Å². The van der Waals surface area contributed by atoms with Crippen LogP contribution in [0.1, 0.15) is 19.3 Å². The molecule has 0 fully saturated rings. The highest BCUT2D eigenvalue weighted by molar-refractivity contribution is 5.39. The van der Waals surface area contributed by atoms with Crippen molar-refractivity contribution in [1.29, 1.82) is 15.8 Å². The zero-order valence-corrected chi connectivity index (χ0v) is 6.54. The molecule has 0 aromatic heterocycles. The first-order valence-corrected chi connectivity index (χ1v) is 3.73. The molecule has 0 heterocycles. The minimum atomic E-state index is -0.0725. The van der Waals surface area contributed by atoms with Crippen molar-refractivity contribution in [3.63, 3.8) is 0 Å². The molecule has 0 aromatic carbocycles. The van der Waals surface area contributed by atoms with Crippen molar-refractivity contribution in [1.82, 2.24) is 0 Å². The maximum Gasteiger partial charge on any atom is 0.0957 e. The van der Waals surface area contributed by atoms with Gasteiger partial charge in [-0.1, -0.05) is 0 Å². The molecule has 0 aliphatic heterocycles. The molecule has 1 aliphatic rings. The number of hydrogen-bond donors (Lipinski definition) is 0. The summed E-state index contributed by atoms with van der Waals surface area (Å²) in [4.78, 5) is 0. The summed E-state index contributed by atoms with van der Waals surface area (Å²) in [6, 6.07) is 6.09. The first-order valence-electron chi connectivity index (χ1n) is 3.73. The molecule has 1 unspecified atom stereocenters. The summed E-state index contributed by atoms with van der Waals surface area (Å²) in [7, 11) is 0. The highest BCUT2D eigenvalue weighted by Gasteiger charge is 2.20. The standard InChI is InChI=1S/C9H7N3/c10-4-7-1-2-8(5-11)9(3-7)6-12/h7H,1-3H2. The van der Waals surface area contributed by atoms with Crippen molar-refractivity contribution in [2.45, 2.75) is 19.3 Å². The Morgan fingerprint density at radius 2 is 1.75 bits per heavy atom. The zero-order chi connectivity index (χ0) is 8.97. The molecule has 0 N–H and O–H groups in total. The van der Waals surface area contributed by atoms with Crippen LogP contribution in [0.4, 0.5) is 0 Å². The Kier molecular flexibility index (Phi) is 2.46. The van der Waals surface area contributed by atoms with Gasteiger partial charge in [-0.25, -0.2) is 0 Å². The normalized spacial score (nSPS) is 22.2. The van der Waals surface area contributed by atoms with Crippen molar-refractivity contribution in [2.24, 2.45) is 5.92 Å². The van der Waals surface area contributed by atoms with E-state index in [0.29, 0.717) is 30.4 Å². The molecule has 12 heavy (non-hydrogen) atoms. The molecule has 1 rings (SSSR count). The van der Waals surface area contributed by atoms with E-state index in [4.69, 9.17) is 15.8 Å². The van der Waals surface area contributed by atoms with E-state index in [1.165, 1.54) is 0 Å². The van der Waals surface area contributed by atoms with Gasteiger partial charge in [-0.05, 0) is 19.3 Å². The van der Waals surface area contributed by atoms with Crippen molar-refractivity contribution in [3.05, 3.63) is 11.1 Å². The number of nitrogens with zero attached hydrogens (tertiary/aromatic N) is 3. The summed E-state index contributed by atoms with van der Waals surface area (Å²) in [5.74, 6) is -0.0725. The van der Waals surface area contributed by atoms with Gasteiger partial charge in [0.05, 0.1) is 24.1 Å². The molecular weight excluding hydrogens is 150 g/mol. The van der Waals surface area contributed by atoms with E-state index in [1.54, 1.807) is 0 Å². The first-order chi connectivity index (χ1) is 5.81. The molecule has 3 nitrogen and oxygen atoms in total. The molecule has 0 saturated carbocycles. The molecule has 0 aromatic rings. The lowest BCUT2D eigenvalue weighted by Gasteiger charge is -2.14. The molecule has 0 bridgehead atoms. The molecular formula is C9H7N3. The topological polar surface area (TPSA) is 71.4 Å². The highest BCUT2D eigenvalue weighted by atomic mass is 14.3. The van der Waals surface area contributed by atoms with Crippen molar-refractivity contribution in [2.75, 3.05) is 0 Å². The summed E-state index contributed by atoms with van der Waals surface area (Å²) >= 11 is 0. The van der Waals surface area contributed by atoms with Gasteiger partial charge in [0.25, 0.3) is 0 Å². The van der Waals surface area contributed by atoms with E-state index in [0.717, 1.165) is 0 Å². The van der Waals surface area contributed by atoms with Gasteiger partial charge < -0.3 is 0 Å². The second kappa shape index (κ2) is 3.56. The SMILES string of the molecule is N#CC1=C(C#N)CC(C#N)CC1.